The second-order valence-electron chi connectivity index (χ2n) is 12.4. The molecule has 242 valence electrons. The number of aliphatic hydroxyl groups is 1. The first-order valence-corrected chi connectivity index (χ1v) is 16.7. The lowest BCUT2D eigenvalue weighted by Gasteiger charge is -2.35. The molecule has 0 bridgehead atoms. The van der Waals surface area contributed by atoms with Gasteiger partial charge in [-0.2, -0.15) is 5.10 Å². The zero-order chi connectivity index (χ0) is 31.8. The van der Waals surface area contributed by atoms with Crippen molar-refractivity contribution in [1.29, 1.82) is 0 Å². The van der Waals surface area contributed by atoms with E-state index >= 15 is 0 Å². The molecule has 9 heteroatoms. The summed E-state index contributed by atoms with van der Waals surface area (Å²) in [5.41, 5.74) is 4.14. The van der Waals surface area contributed by atoms with Crippen LogP contribution in [0.2, 0.25) is 0 Å². The quantitative estimate of drug-likeness (QED) is 0.248. The molecule has 3 aromatic rings. The SMILES string of the molecule is CCCC1CCCCN1C(=O)c1cc(C(=O)N[C@@H](Cc2ccccc2)[C@H](O)CN[C@H]2CCCc3ccc(OC)cc32)nn1CC. The van der Waals surface area contributed by atoms with Gasteiger partial charge < -0.3 is 25.4 Å². The van der Waals surface area contributed by atoms with Gasteiger partial charge in [0.2, 0.25) is 0 Å². The van der Waals surface area contributed by atoms with Crippen LogP contribution >= 0.6 is 0 Å². The molecule has 0 spiro atoms. The number of aromatic nitrogens is 2. The number of carbonyl (C=O) groups excluding carboxylic acids is 2. The first-order valence-electron chi connectivity index (χ1n) is 16.7. The molecule has 5 rings (SSSR count). The number of likely N-dealkylation sites (tertiary alicyclic amines) is 1. The van der Waals surface area contributed by atoms with Crippen molar-refractivity contribution in [3.8, 4) is 5.75 Å². The number of ether oxygens (including phenoxy) is 1. The normalized spacial score (nSPS) is 19.4. The van der Waals surface area contributed by atoms with Crippen molar-refractivity contribution in [2.24, 2.45) is 0 Å². The predicted molar refractivity (Wildman–Crippen MR) is 176 cm³/mol. The van der Waals surface area contributed by atoms with E-state index in [1.807, 2.05) is 48.2 Å². The molecule has 4 atom stereocenters. The summed E-state index contributed by atoms with van der Waals surface area (Å²) in [5.74, 6) is 0.367. The third kappa shape index (κ3) is 7.94. The highest BCUT2D eigenvalue weighted by molar-refractivity contribution is 5.98. The Kier molecular flexibility index (Phi) is 11.3. The Bertz CT molecular complexity index is 1420. The second kappa shape index (κ2) is 15.5. The molecule has 0 radical (unpaired) electrons. The maximum absolute atomic E-state index is 13.7. The number of piperidine rings is 1. The molecule has 1 saturated heterocycles. The predicted octanol–water partition coefficient (Wildman–Crippen LogP) is 5.08. The summed E-state index contributed by atoms with van der Waals surface area (Å²) in [7, 11) is 1.67. The van der Waals surface area contributed by atoms with Crippen molar-refractivity contribution in [1.82, 2.24) is 25.3 Å². The fourth-order valence-electron chi connectivity index (χ4n) is 6.90. The molecular weight excluding hydrogens is 566 g/mol. The minimum Gasteiger partial charge on any atom is -0.497 e. The van der Waals surface area contributed by atoms with Crippen LogP contribution in [-0.4, -0.2) is 70.0 Å². The number of nitrogens with zero attached hydrogens (tertiary/aromatic N) is 3. The summed E-state index contributed by atoms with van der Waals surface area (Å²) in [6, 6.07) is 17.4. The molecule has 1 aromatic heterocycles. The van der Waals surface area contributed by atoms with Crippen LogP contribution in [0.25, 0.3) is 0 Å². The molecule has 2 heterocycles. The van der Waals surface area contributed by atoms with E-state index in [2.05, 4.69) is 34.8 Å². The highest BCUT2D eigenvalue weighted by Gasteiger charge is 2.31. The van der Waals surface area contributed by atoms with Crippen molar-refractivity contribution in [2.75, 3.05) is 20.2 Å². The maximum atomic E-state index is 13.7. The average molecular weight is 616 g/mol. The number of fused-ring (bicyclic) bond motifs is 1. The van der Waals surface area contributed by atoms with E-state index in [4.69, 9.17) is 4.74 Å². The Hall–Kier alpha value is -3.69. The Morgan fingerprint density at radius 3 is 2.64 bits per heavy atom. The summed E-state index contributed by atoms with van der Waals surface area (Å²) in [6.45, 7) is 5.60. The molecule has 45 heavy (non-hydrogen) atoms. The van der Waals surface area contributed by atoms with Gasteiger partial charge in [-0.3, -0.25) is 14.3 Å². The minimum absolute atomic E-state index is 0.0592. The summed E-state index contributed by atoms with van der Waals surface area (Å²) >= 11 is 0. The number of aliphatic hydroxyl groups excluding tert-OH is 1. The molecule has 9 nitrogen and oxygen atoms in total. The van der Waals surface area contributed by atoms with Gasteiger partial charge in [-0.1, -0.05) is 49.7 Å². The highest BCUT2D eigenvalue weighted by Crippen LogP contribution is 2.32. The average Bonchev–Trinajstić information content (AvgIpc) is 3.52. The van der Waals surface area contributed by atoms with Gasteiger partial charge in [0.15, 0.2) is 5.69 Å². The fourth-order valence-corrected chi connectivity index (χ4v) is 6.90. The molecule has 1 fully saturated rings. The molecule has 3 N–H and O–H groups in total. The lowest BCUT2D eigenvalue weighted by atomic mass is 9.87. The van der Waals surface area contributed by atoms with Gasteiger partial charge in [0.05, 0.1) is 19.3 Å². The Morgan fingerprint density at radius 1 is 1.07 bits per heavy atom. The largest absolute Gasteiger partial charge is 0.497 e. The number of methoxy groups -OCH3 is 1. The molecule has 1 unspecified atom stereocenters. The standard InChI is InChI=1S/C36H49N5O4/c1-4-12-27-16-9-10-20-40(27)36(44)33-23-32(39-41(33)5-2)35(43)38-31(21-25-13-7-6-8-14-25)34(42)24-37-30-17-11-15-26-18-19-28(45-3)22-29(26)30/h6-8,13-14,18-19,22-23,27,30-31,34,37,42H,4-5,9-12,15-17,20-21,24H2,1-3H3,(H,38,43)/t27?,30-,31-,34+/m0/s1. The number of hydrogen-bond donors (Lipinski definition) is 3. The van der Waals surface area contributed by atoms with Crippen molar-refractivity contribution in [3.05, 3.63) is 82.7 Å². The smallest absolute Gasteiger partial charge is 0.272 e. The molecule has 2 aromatic carbocycles. The van der Waals surface area contributed by atoms with Gasteiger partial charge in [0.25, 0.3) is 11.8 Å². The van der Waals surface area contributed by atoms with Gasteiger partial charge in [0, 0.05) is 37.8 Å². The third-order valence-corrected chi connectivity index (χ3v) is 9.36. The number of aryl methyl sites for hydroxylation is 2. The molecule has 1 aliphatic heterocycles. The maximum Gasteiger partial charge on any atom is 0.272 e. The number of benzene rings is 2. The first-order chi connectivity index (χ1) is 21.9. The Labute approximate surface area is 267 Å². The van der Waals surface area contributed by atoms with Crippen LogP contribution < -0.4 is 15.4 Å². The Morgan fingerprint density at radius 2 is 1.89 bits per heavy atom. The summed E-state index contributed by atoms with van der Waals surface area (Å²) in [6.07, 6.45) is 7.80. The summed E-state index contributed by atoms with van der Waals surface area (Å²) in [4.78, 5) is 29.4. The lowest BCUT2D eigenvalue weighted by molar-refractivity contribution is 0.0588. The van der Waals surface area contributed by atoms with Crippen molar-refractivity contribution in [3.63, 3.8) is 0 Å². The van der Waals surface area contributed by atoms with Gasteiger partial charge in [-0.05, 0) is 87.1 Å². The van der Waals surface area contributed by atoms with E-state index in [-0.39, 0.29) is 23.7 Å². The van der Waals surface area contributed by atoms with E-state index in [1.54, 1.807) is 17.9 Å². The van der Waals surface area contributed by atoms with Crippen LogP contribution in [0.15, 0.2) is 54.6 Å². The fraction of sp³-hybridized carbons (Fsp3) is 0.528. The molecule has 0 saturated carbocycles. The number of carbonyl (C=O) groups is 2. The molecule has 2 aliphatic rings. The van der Waals surface area contributed by atoms with Crippen molar-refractivity contribution in [2.45, 2.75) is 102 Å². The van der Waals surface area contributed by atoms with Crippen LogP contribution in [0.4, 0.5) is 0 Å². The summed E-state index contributed by atoms with van der Waals surface area (Å²) < 4.78 is 7.10. The number of hydrogen-bond acceptors (Lipinski definition) is 6. The van der Waals surface area contributed by atoms with E-state index in [0.29, 0.717) is 25.2 Å². The van der Waals surface area contributed by atoms with E-state index < -0.39 is 18.1 Å². The van der Waals surface area contributed by atoms with Gasteiger partial charge in [-0.25, -0.2) is 0 Å². The van der Waals surface area contributed by atoms with Crippen LogP contribution in [0.5, 0.6) is 5.75 Å². The van der Waals surface area contributed by atoms with Gasteiger partial charge in [-0.15, -0.1) is 0 Å². The van der Waals surface area contributed by atoms with E-state index in [1.165, 1.54) is 11.1 Å². The van der Waals surface area contributed by atoms with Crippen molar-refractivity contribution >= 4 is 11.8 Å². The third-order valence-electron chi connectivity index (χ3n) is 9.36. The number of nitrogens with one attached hydrogen (secondary N) is 2. The number of amides is 2. The topological polar surface area (TPSA) is 109 Å². The number of rotatable bonds is 13. The van der Waals surface area contributed by atoms with Crippen LogP contribution in [0.1, 0.15) is 103 Å². The van der Waals surface area contributed by atoms with Crippen LogP contribution in [0, 0.1) is 0 Å². The minimum atomic E-state index is -0.859. The lowest BCUT2D eigenvalue weighted by Crippen LogP contribution is -2.49. The van der Waals surface area contributed by atoms with Crippen LogP contribution in [-0.2, 0) is 19.4 Å². The Balaban J connectivity index is 1.31. The monoisotopic (exact) mass is 615 g/mol. The molecular formula is C36H49N5O4. The molecule has 1 aliphatic carbocycles. The molecule has 2 amide bonds. The highest BCUT2D eigenvalue weighted by atomic mass is 16.5. The van der Waals surface area contributed by atoms with Crippen molar-refractivity contribution < 1.29 is 19.4 Å². The second-order valence-corrected chi connectivity index (χ2v) is 12.4. The van der Waals surface area contributed by atoms with Crippen LogP contribution in [0.3, 0.4) is 0 Å². The van der Waals surface area contributed by atoms with E-state index in [9.17, 15) is 14.7 Å². The summed E-state index contributed by atoms with van der Waals surface area (Å²) in [5, 5.41) is 22.7. The zero-order valence-electron chi connectivity index (χ0n) is 27.0. The zero-order valence-corrected chi connectivity index (χ0v) is 27.0. The van der Waals surface area contributed by atoms with E-state index in [0.717, 1.165) is 69.2 Å². The first kappa shape index (κ1) is 32.7. The van der Waals surface area contributed by atoms with Gasteiger partial charge in [0.1, 0.15) is 11.4 Å². The van der Waals surface area contributed by atoms with Gasteiger partial charge >= 0.3 is 0 Å².